The molecule has 0 unspecified atom stereocenters. The van der Waals surface area contributed by atoms with Gasteiger partial charge in [-0.05, 0) is 65.9 Å². The van der Waals surface area contributed by atoms with Gasteiger partial charge >= 0.3 is 5.56 Å². The van der Waals surface area contributed by atoms with Gasteiger partial charge in [0, 0.05) is 41.2 Å². The van der Waals surface area contributed by atoms with Crippen LogP contribution < -0.4 is 16.2 Å². The van der Waals surface area contributed by atoms with Crippen molar-refractivity contribution in [3.05, 3.63) is 106 Å². The topological polar surface area (TPSA) is 129 Å². The molecule has 1 aliphatic rings. The van der Waals surface area contributed by atoms with E-state index in [4.69, 9.17) is 4.74 Å². The third kappa shape index (κ3) is 6.53. The van der Waals surface area contributed by atoms with E-state index in [2.05, 4.69) is 36.4 Å². The zero-order valence-electron chi connectivity index (χ0n) is 25.2. The predicted molar refractivity (Wildman–Crippen MR) is 169 cm³/mol. The molecule has 1 saturated heterocycles. The molecule has 4 aromatic rings. The van der Waals surface area contributed by atoms with Gasteiger partial charge in [0.15, 0.2) is 12.0 Å². The molecule has 0 spiro atoms. The van der Waals surface area contributed by atoms with Crippen molar-refractivity contribution < 1.29 is 14.3 Å². The van der Waals surface area contributed by atoms with Crippen molar-refractivity contribution in [2.24, 2.45) is 0 Å². The van der Waals surface area contributed by atoms with E-state index in [0.717, 1.165) is 15.7 Å². The number of hydrogen-bond acceptors (Lipinski definition) is 7. The van der Waals surface area contributed by atoms with Crippen LogP contribution in [0, 0.1) is 18.4 Å². The van der Waals surface area contributed by atoms with Crippen molar-refractivity contribution in [1.82, 2.24) is 14.5 Å². The Kier molecular flexibility index (Phi) is 8.60. The van der Waals surface area contributed by atoms with E-state index < -0.39 is 5.56 Å². The molecule has 0 saturated carbocycles. The number of amides is 2. The second-order valence-electron chi connectivity index (χ2n) is 11.6. The molecule has 2 amide bonds. The number of carbonyl (C=O) groups is 2. The Morgan fingerprint density at radius 2 is 1.61 bits per heavy atom. The first kappa shape index (κ1) is 30.2. The van der Waals surface area contributed by atoms with Crippen LogP contribution in [0.25, 0.3) is 11.3 Å². The summed E-state index contributed by atoms with van der Waals surface area (Å²) in [5.74, 6) is -0.390. The first-order valence-corrected chi connectivity index (χ1v) is 14.3. The zero-order valence-corrected chi connectivity index (χ0v) is 25.2. The molecule has 44 heavy (non-hydrogen) atoms. The second-order valence-corrected chi connectivity index (χ2v) is 11.6. The molecular weight excluding hydrogens is 556 g/mol. The maximum atomic E-state index is 13.1. The van der Waals surface area contributed by atoms with Crippen molar-refractivity contribution in [3.8, 4) is 17.5 Å². The van der Waals surface area contributed by atoms with Gasteiger partial charge in [-0.15, -0.1) is 0 Å². The summed E-state index contributed by atoms with van der Waals surface area (Å²) in [6, 6.07) is 19.6. The molecule has 2 N–H and O–H groups in total. The molecular formula is C34H34N6O4. The third-order valence-electron chi connectivity index (χ3n) is 7.58. The number of ether oxygens (including phenoxy) is 1. The van der Waals surface area contributed by atoms with Gasteiger partial charge in [-0.25, -0.2) is 9.55 Å². The standard InChI is InChI=1S/C34H34N6O4/c1-22-27(6-5-7-28(22)38-31(41)23-8-12-25(13-9-23)34(2,3)4)29-20-40(21-35)33(43)30(37-29)36-26-14-10-24(11-15-26)32(42)39-16-18-44-19-17-39/h5-15,20H,16-19H2,1-4H3,(H,36,37)(H,38,41). The number of aromatic nitrogens is 2. The first-order chi connectivity index (χ1) is 21.0. The number of anilines is 3. The number of nitrogens with zero attached hydrogens (tertiary/aromatic N) is 4. The molecule has 224 valence electrons. The summed E-state index contributed by atoms with van der Waals surface area (Å²) in [5.41, 5.74) is 4.39. The highest BCUT2D eigenvalue weighted by molar-refractivity contribution is 6.05. The van der Waals surface area contributed by atoms with Gasteiger partial charge in [0.05, 0.1) is 25.1 Å². The summed E-state index contributed by atoms with van der Waals surface area (Å²) < 4.78 is 6.23. The lowest BCUT2D eigenvalue weighted by Crippen LogP contribution is -2.40. The summed E-state index contributed by atoms with van der Waals surface area (Å²) in [5, 5.41) is 15.7. The molecule has 10 nitrogen and oxygen atoms in total. The van der Waals surface area contributed by atoms with Crippen LogP contribution in [0.2, 0.25) is 0 Å². The van der Waals surface area contributed by atoms with E-state index in [0.29, 0.717) is 60.1 Å². The fraction of sp³-hybridized carbons (Fsp3) is 0.265. The van der Waals surface area contributed by atoms with E-state index in [-0.39, 0.29) is 23.0 Å². The first-order valence-electron chi connectivity index (χ1n) is 14.3. The SMILES string of the molecule is Cc1c(NC(=O)c2ccc(C(C)(C)C)cc2)cccc1-c1cn(C#N)c(=O)c(Nc2ccc(C(=O)N3CCOCC3)cc2)n1. The van der Waals surface area contributed by atoms with Crippen LogP contribution in [-0.2, 0) is 10.2 Å². The van der Waals surface area contributed by atoms with Gasteiger partial charge in [-0.3, -0.25) is 14.4 Å². The number of morpholine rings is 1. The van der Waals surface area contributed by atoms with Gasteiger partial charge in [0.25, 0.3) is 11.8 Å². The smallest absolute Gasteiger partial charge is 0.306 e. The fourth-order valence-corrected chi connectivity index (χ4v) is 4.92. The minimum atomic E-state index is -0.620. The number of nitriles is 1. The molecule has 3 aromatic carbocycles. The van der Waals surface area contributed by atoms with Gasteiger partial charge in [-0.2, -0.15) is 5.26 Å². The zero-order chi connectivity index (χ0) is 31.4. The van der Waals surface area contributed by atoms with Crippen LogP contribution in [0.5, 0.6) is 0 Å². The van der Waals surface area contributed by atoms with Gasteiger partial charge in [0.2, 0.25) is 0 Å². The van der Waals surface area contributed by atoms with Crippen LogP contribution in [0.4, 0.5) is 17.2 Å². The maximum absolute atomic E-state index is 13.1. The van der Waals surface area contributed by atoms with Gasteiger partial charge in [-0.1, -0.05) is 45.0 Å². The third-order valence-corrected chi connectivity index (χ3v) is 7.58. The lowest BCUT2D eigenvalue weighted by molar-refractivity contribution is 0.0303. The number of rotatable bonds is 6. The Hall–Kier alpha value is -5.27. The Morgan fingerprint density at radius 3 is 2.25 bits per heavy atom. The fourth-order valence-electron chi connectivity index (χ4n) is 4.92. The van der Waals surface area contributed by atoms with E-state index in [1.165, 1.54) is 6.20 Å². The minimum absolute atomic E-state index is 0.0217. The van der Waals surface area contributed by atoms with Crippen molar-refractivity contribution in [1.29, 1.82) is 5.26 Å². The van der Waals surface area contributed by atoms with Crippen molar-refractivity contribution in [2.45, 2.75) is 33.1 Å². The molecule has 0 bridgehead atoms. The average molecular weight is 591 g/mol. The van der Waals surface area contributed by atoms with Gasteiger partial charge < -0.3 is 20.3 Å². The quantitative estimate of drug-likeness (QED) is 0.311. The Bertz CT molecular complexity index is 1790. The minimum Gasteiger partial charge on any atom is -0.378 e. The molecule has 1 fully saturated rings. The molecule has 5 rings (SSSR count). The highest BCUT2D eigenvalue weighted by Crippen LogP contribution is 2.29. The molecule has 0 aliphatic carbocycles. The summed E-state index contributed by atoms with van der Waals surface area (Å²) in [7, 11) is 0. The number of hydrogen-bond donors (Lipinski definition) is 2. The Labute approximate surface area is 255 Å². The highest BCUT2D eigenvalue weighted by Gasteiger charge is 2.20. The maximum Gasteiger partial charge on any atom is 0.306 e. The largest absolute Gasteiger partial charge is 0.378 e. The Balaban J connectivity index is 1.38. The molecule has 1 aromatic heterocycles. The van der Waals surface area contributed by atoms with Crippen LogP contribution >= 0.6 is 0 Å². The van der Waals surface area contributed by atoms with Crippen LogP contribution in [0.1, 0.15) is 52.6 Å². The van der Waals surface area contributed by atoms with Crippen LogP contribution in [-0.4, -0.2) is 52.6 Å². The van der Waals surface area contributed by atoms with Crippen molar-refractivity contribution in [2.75, 3.05) is 36.9 Å². The summed E-state index contributed by atoms with van der Waals surface area (Å²) >= 11 is 0. The van der Waals surface area contributed by atoms with E-state index >= 15 is 0 Å². The normalized spacial score (nSPS) is 13.2. The molecule has 10 heteroatoms. The Morgan fingerprint density at radius 1 is 0.955 bits per heavy atom. The summed E-state index contributed by atoms with van der Waals surface area (Å²) in [6.07, 6.45) is 3.26. The molecule has 1 aliphatic heterocycles. The summed E-state index contributed by atoms with van der Waals surface area (Å²) in [4.78, 5) is 45.2. The number of nitrogens with one attached hydrogen (secondary N) is 2. The molecule has 0 radical (unpaired) electrons. The van der Waals surface area contributed by atoms with E-state index in [1.54, 1.807) is 41.3 Å². The molecule has 2 heterocycles. The van der Waals surface area contributed by atoms with Crippen LogP contribution in [0.15, 0.2) is 77.7 Å². The second kappa shape index (κ2) is 12.5. The van der Waals surface area contributed by atoms with E-state index in [9.17, 15) is 19.6 Å². The summed E-state index contributed by atoms with van der Waals surface area (Å²) in [6.45, 7) is 10.3. The van der Waals surface area contributed by atoms with Crippen molar-refractivity contribution >= 4 is 29.0 Å². The van der Waals surface area contributed by atoms with Crippen LogP contribution in [0.3, 0.4) is 0 Å². The average Bonchev–Trinajstić information content (AvgIpc) is 3.03. The monoisotopic (exact) mass is 590 g/mol. The lowest BCUT2D eigenvalue weighted by atomic mass is 9.86. The number of carbonyl (C=O) groups excluding carboxylic acids is 2. The molecule has 0 atom stereocenters. The highest BCUT2D eigenvalue weighted by atomic mass is 16.5. The number of benzene rings is 3. The lowest BCUT2D eigenvalue weighted by Gasteiger charge is -2.26. The van der Waals surface area contributed by atoms with Crippen molar-refractivity contribution in [3.63, 3.8) is 0 Å². The van der Waals surface area contributed by atoms with Gasteiger partial charge in [0.1, 0.15) is 0 Å². The predicted octanol–water partition coefficient (Wildman–Crippen LogP) is 5.31. The van der Waals surface area contributed by atoms with E-state index in [1.807, 2.05) is 43.4 Å².